The SMILES string of the molecule is C[C@@H](NC(=O)N1CCC[C@@H](N(C)C)C1)c1ccc(F)cc1F. The normalized spacial score (nSPS) is 20.1. The van der Waals surface area contributed by atoms with Gasteiger partial charge in [-0.3, -0.25) is 0 Å². The molecule has 6 heteroatoms. The second-order valence-corrected chi connectivity index (χ2v) is 6.04. The summed E-state index contributed by atoms with van der Waals surface area (Å²) < 4.78 is 26.7. The van der Waals surface area contributed by atoms with Gasteiger partial charge in [0.15, 0.2) is 0 Å². The number of nitrogens with one attached hydrogen (secondary N) is 1. The molecule has 0 radical (unpaired) electrons. The Balaban J connectivity index is 1.98. The number of nitrogens with zero attached hydrogens (tertiary/aromatic N) is 2. The van der Waals surface area contributed by atoms with Crippen LogP contribution in [-0.4, -0.2) is 49.1 Å². The summed E-state index contributed by atoms with van der Waals surface area (Å²) in [5, 5.41) is 2.79. The van der Waals surface area contributed by atoms with Crippen molar-refractivity contribution in [3.63, 3.8) is 0 Å². The molecule has 1 saturated heterocycles. The Morgan fingerprint density at radius 2 is 2.14 bits per heavy atom. The van der Waals surface area contributed by atoms with Crippen LogP contribution in [0, 0.1) is 11.6 Å². The number of halogens is 2. The van der Waals surface area contributed by atoms with E-state index in [9.17, 15) is 13.6 Å². The number of piperidine rings is 1. The lowest BCUT2D eigenvalue weighted by molar-refractivity contribution is 0.138. The van der Waals surface area contributed by atoms with E-state index < -0.39 is 17.7 Å². The number of likely N-dealkylation sites (tertiary alicyclic amines) is 1. The molecule has 1 aromatic rings. The number of rotatable bonds is 3. The van der Waals surface area contributed by atoms with Gasteiger partial charge in [0.05, 0.1) is 6.04 Å². The van der Waals surface area contributed by atoms with Crippen LogP contribution in [0.2, 0.25) is 0 Å². The fourth-order valence-corrected chi connectivity index (χ4v) is 2.77. The number of carbonyl (C=O) groups excluding carboxylic acids is 1. The van der Waals surface area contributed by atoms with Gasteiger partial charge in [-0.15, -0.1) is 0 Å². The fourth-order valence-electron chi connectivity index (χ4n) is 2.77. The highest BCUT2D eigenvalue weighted by Gasteiger charge is 2.26. The van der Waals surface area contributed by atoms with Crippen LogP contribution in [0.15, 0.2) is 18.2 Å². The van der Waals surface area contributed by atoms with Crippen molar-refractivity contribution in [1.29, 1.82) is 0 Å². The number of hydrogen-bond donors (Lipinski definition) is 1. The Hall–Kier alpha value is -1.69. The second kappa shape index (κ2) is 7.05. The van der Waals surface area contributed by atoms with Crippen LogP contribution in [-0.2, 0) is 0 Å². The lowest BCUT2D eigenvalue weighted by atomic mass is 10.0. The molecular formula is C16H23F2N3O. The van der Waals surface area contributed by atoms with Gasteiger partial charge in [-0.2, -0.15) is 0 Å². The smallest absolute Gasteiger partial charge is 0.317 e. The van der Waals surface area contributed by atoms with Crippen molar-refractivity contribution in [2.24, 2.45) is 0 Å². The Morgan fingerprint density at radius 1 is 1.41 bits per heavy atom. The Morgan fingerprint density at radius 3 is 2.77 bits per heavy atom. The van der Waals surface area contributed by atoms with Gasteiger partial charge in [0, 0.05) is 30.8 Å². The predicted molar refractivity (Wildman–Crippen MR) is 81.6 cm³/mol. The van der Waals surface area contributed by atoms with E-state index in [1.807, 2.05) is 14.1 Å². The highest BCUT2D eigenvalue weighted by atomic mass is 19.1. The fraction of sp³-hybridized carbons (Fsp3) is 0.562. The van der Waals surface area contributed by atoms with Crippen molar-refractivity contribution >= 4 is 6.03 Å². The maximum absolute atomic E-state index is 13.7. The van der Waals surface area contributed by atoms with Crippen molar-refractivity contribution in [1.82, 2.24) is 15.1 Å². The van der Waals surface area contributed by atoms with Crippen molar-refractivity contribution in [3.8, 4) is 0 Å². The highest BCUT2D eigenvalue weighted by Crippen LogP contribution is 2.19. The Labute approximate surface area is 130 Å². The topological polar surface area (TPSA) is 35.6 Å². The van der Waals surface area contributed by atoms with Gasteiger partial charge in [0.25, 0.3) is 0 Å². The van der Waals surface area contributed by atoms with Gasteiger partial charge in [-0.05, 0) is 39.9 Å². The standard InChI is InChI=1S/C16H23F2N3O/c1-11(14-7-6-12(17)9-15(14)18)19-16(22)21-8-4-5-13(10-21)20(2)3/h6-7,9,11,13H,4-5,8,10H2,1-3H3,(H,19,22)/t11-,13-/m1/s1. The summed E-state index contributed by atoms with van der Waals surface area (Å²) in [6.07, 6.45) is 2.02. The lowest BCUT2D eigenvalue weighted by Gasteiger charge is -2.36. The molecule has 2 rings (SSSR count). The number of hydrogen-bond acceptors (Lipinski definition) is 2. The minimum Gasteiger partial charge on any atom is -0.331 e. The van der Waals surface area contributed by atoms with Crippen LogP contribution in [0.1, 0.15) is 31.4 Å². The van der Waals surface area contributed by atoms with Gasteiger partial charge in [-0.1, -0.05) is 6.07 Å². The van der Waals surface area contributed by atoms with Crippen LogP contribution in [0.25, 0.3) is 0 Å². The van der Waals surface area contributed by atoms with Crippen LogP contribution in [0.3, 0.4) is 0 Å². The second-order valence-electron chi connectivity index (χ2n) is 6.04. The molecule has 1 aliphatic heterocycles. The van der Waals surface area contributed by atoms with E-state index in [0.29, 0.717) is 19.1 Å². The number of carbonyl (C=O) groups is 1. The average Bonchev–Trinajstić information content (AvgIpc) is 2.47. The first-order valence-electron chi connectivity index (χ1n) is 7.55. The molecule has 2 amide bonds. The Kier molecular flexibility index (Phi) is 5.34. The van der Waals surface area contributed by atoms with E-state index in [1.165, 1.54) is 12.1 Å². The minimum absolute atomic E-state index is 0.206. The van der Waals surface area contributed by atoms with Gasteiger partial charge < -0.3 is 15.1 Å². The molecule has 0 spiro atoms. The monoisotopic (exact) mass is 311 g/mol. The molecule has 0 saturated carbocycles. The van der Waals surface area contributed by atoms with E-state index in [0.717, 1.165) is 18.9 Å². The van der Waals surface area contributed by atoms with Crippen molar-refractivity contribution in [2.75, 3.05) is 27.2 Å². The molecule has 0 unspecified atom stereocenters. The van der Waals surface area contributed by atoms with Gasteiger partial charge in [-0.25, -0.2) is 13.6 Å². The number of amides is 2. The molecular weight excluding hydrogens is 288 g/mol. The highest BCUT2D eigenvalue weighted by molar-refractivity contribution is 5.74. The van der Waals surface area contributed by atoms with Crippen molar-refractivity contribution in [3.05, 3.63) is 35.4 Å². The van der Waals surface area contributed by atoms with Gasteiger partial charge in [0.2, 0.25) is 0 Å². The zero-order valence-electron chi connectivity index (χ0n) is 13.3. The van der Waals surface area contributed by atoms with E-state index >= 15 is 0 Å². The molecule has 1 aromatic carbocycles. The summed E-state index contributed by atoms with van der Waals surface area (Å²) in [6.45, 7) is 3.06. The van der Waals surface area contributed by atoms with Crippen molar-refractivity contribution < 1.29 is 13.6 Å². The summed E-state index contributed by atoms with van der Waals surface area (Å²) in [6, 6.07) is 3.03. The molecule has 2 atom stereocenters. The molecule has 0 aromatic heterocycles. The van der Waals surface area contributed by atoms with E-state index in [1.54, 1.807) is 11.8 Å². The summed E-state index contributed by atoms with van der Waals surface area (Å²) >= 11 is 0. The van der Waals surface area contributed by atoms with E-state index in [4.69, 9.17) is 0 Å². The minimum atomic E-state index is -0.641. The molecule has 22 heavy (non-hydrogen) atoms. The molecule has 1 fully saturated rings. The Bertz CT molecular complexity index is 536. The zero-order chi connectivity index (χ0) is 16.3. The van der Waals surface area contributed by atoms with E-state index in [-0.39, 0.29) is 11.6 Å². The number of likely N-dealkylation sites (N-methyl/N-ethyl adjacent to an activating group) is 1. The van der Waals surface area contributed by atoms with Crippen LogP contribution >= 0.6 is 0 Å². The van der Waals surface area contributed by atoms with Crippen LogP contribution in [0.5, 0.6) is 0 Å². The van der Waals surface area contributed by atoms with Crippen LogP contribution < -0.4 is 5.32 Å². The number of urea groups is 1. The third-order valence-corrected chi connectivity index (χ3v) is 4.18. The summed E-state index contributed by atoms with van der Waals surface area (Å²) in [5.74, 6) is -1.26. The third-order valence-electron chi connectivity index (χ3n) is 4.18. The molecule has 0 bridgehead atoms. The van der Waals surface area contributed by atoms with Crippen LogP contribution in [0.4, 0.5) is 13.6 Å². The van der Waals surface area contributed by atoms with Gasteiger partial charge >= 0.3 is 6.03 Å². The van der Waals surface area contributed by atoms with Gasteiger partial charge in [0.1, 0.15) is 11.6 Å². The number of benzene rings is 1. The first kappa shape index (κ1) is 16.7. The summed E-state index contributed by atoms with van der Waals surface area (Å²) in [4.78, 5) is 16.2. The summed E-state index contributed by atoms with van der Waals surface area (Å²) in [7, 11) is 4.01. The average molecular weight is 311 g/mol. The quantitative estimate of drug-likeness (QED) is 0.932. The predicted octanol–water partition coefficient (Wildman–Crippen LogP) is 2.76. The first-order chi connectivity index (χ1) is 10.4. The summed E-state index contributed by atoms with van der Waals surface area (Å²) in [5.41, 5.74) is 0.288. The first-order valence-corrected chi connectivity index (χ1v) is 7.55. The molecule has 1 N–H and O–H groups in total. The maximum atomic E-state index is 13.7. The molecule has 4 nitrogen and oxygen atoms in total. The molecule has 1 aliphatic rings. The largest absolute Gasteiger partial charge is 0.331 e. The maximum Gasteiger partial charge on any atom is 0.317 e. The molecule has 122 valence electrons. The third kappa shape index (κ3) is 3.94. The lowest BCUT2D eigenvalue weighted by Crippen LogP contribution is -2.51. The van der Waals surface area contributed by atoms with E-state index in [2.05, 4.69) is 10.2 Å². The molecule has 1 heterocycles. The molecule has 0 aliphatic carbocycles. The van der Waals surface area contributed by atoms with Crippen molar-refractivity contribution in [2.45, 2.75) is 31.8 Å². The zero-order valence-corrected chi connectivity index (χ0v) is 13.3.